The molecule has 0 bridgehead atoms. The highest BCUT2D eigenvalue weighted by molar-refractivity contribution is 9.09. The summed E-state index contributed by atoms with van der Waals surface area (Å²) >= 11 is 3.31. The zero-order valence-electron chi connectivity index (χ0n) is 9.37. The van der Waals surface area contributed by atoms with E-state index in [1.54, 1.807) is 0 Å². The topological polar surface area (TPSA) is 54.5 Å². The molecule has 1 rings (SSSR count). The summed E-state index contributed by atoms with van der Waals surface area (Å²) in [5, 5.41) is 0.653. The number of amides is 1. The lowest BCUT2D eigenvalue weighted by Gasteiger charge is -2.45. The Kier molecular flexibility index (Phi) is 2.98. The van der Waals surface area contributed by atoms with Gasteiger partial charge in [0, 0.05) is 11.9 Å². The van der Waals surface area contributed by atoms with Gasteiger partial charge >= 0.3 is 0 Å². The number of carbonyl (C=O) groups is 1. The standard InChI is InChI=1S/C9H16BrNO3S/c1-8(2,5-10)6-11-7(12)9(3,4)15(11,13)14/h5-6H2,1-4H3. The number of hydrogen-bond donors (Lipinski definition) is 0. The van der Waals surface area contributed by atoms with Gasteiger partial charge in [0.2, 0.25) is 0 Å². The van der Waals surface area contributed by atoms with Crippen molar-refractivity contribution < 1.29 is 13.2 Å². The van der Waals surface area contributed by atoms with Gasteiger partial charge in [0.05, 0.1) is 0 Å². The van der Waals surface area contributed by atoms with Gasteiger partial charge in [0.15, 0.2) is 4.75 Å². The van der Waals surface area contributed by atoms with Crippen LogP contribution in [0.15, 0.2) is 0 Å². The number of sulfonamides is 1. The first-order valence-electron chi connectivity index (χ1n) is 4.69. The smallest absolute Gasteiger partial charge is 0.258 e. The fraction of sp³-hybridized carbons (Fsp3) is 0.889. The summed E-state index contributed by atoms with van der Waals surface area (Å²) in [7, 11) is -3.43. The van der Waals surface area contributed by atoms with Gasteiger partial charge in [0.1, 0.15) is 0 Å². The summed E-state index contributed by atoms with van der Waals surface area (Å²) in [5.41, 5.74) is -0.237. The fourth-order valence-corrected chi connectivity index (χ4v) is 3.24. The summed E-state index contributed by atoms with van der Waals surface area (Å²) in [4.78, 5) is 11.6. The summed E-state index contributed by atoms with van der Waals surface area (Å²) in [6.07, 6.45) is 0. The van der Waals surface area contributed by atoms with E-state index in [4.69, 9.17) is 0 Å². The van der Waals surface area contributed by atoms with Crippen molar-refractivity contribution in [1.29, 1.82) is 0 Å². The maximum absolute atomic E-state index is 11.8. The quantitative estimate of drug-likeness (QED) is 0.739. The molecule has 15 heavy (non-hydrogen) atoms. The molecule has 1 heterocycles. The second kappa shape index (κ2) is 3.45. The van der Waals surface area contributed by atoms with Crippen molar-refractivity contribution in [1.82, 2.24) is 4.31 Å². The van der Waals surface area contributed by atoms with Gasteiger partial charge in [-0.3, -0.25) is 4.79 Å². The van der Waals surface area contributed by atoms with Gasteiger partial charge in [-0.05, 0) is 19.3 Å². The molecule has 1 aliphatic heterocycles. The molecule has 0 aliphatic carbocycles. The number of alkyl halides is 1. The Morgan fingerprint density at radius 1 is 1.40 bits per heavy atom. The number of carbonyl (C=O) groups excluding carboxylic acids is 1. The van der Waals surface area contributed by atoms with Crippen molar-refractivity contribution in [2.45, 2.75) is 32.4 Å². The van der Waals surface area contributed by atoms with Crippen LogP contribution in [0.5, 0.6) is 0 Å². The summed E-state index contributed by atoms with van der Waals surface area (Å²) in [5.74, 6) is -0.309. The predicted octanol–water partition coefficient (Wildman–Crippen LogP) is 1.36. The first-order valence-corrected chi connectivity index (χ1v) is 7.25. The van der Waals surface area contributed by atoms with Crippen LogP contribution in [0, 0.1) is 5.41 Å². The molecular formula is C9H16BrNO3S. The maximum atomic E-state index is 11.8. The third-order valence-corrected chi connectivity index (χ3v) is 6.47. The number of hydrogen-bond acceptors (Lipinski definition) is 3. The lowest BCUT2D eigenvalue weighted by Crippen LogP contribution is -2.68. The van der Waals surface area contributed by atoms with Crippen molar-refractivity contribution in [2.75, 3.05) is 11.9 Å². The zero-order chi connectivity index (χ0) is 12.1. The molecule has 0 aromatic heterocycles. The van der Waals surface area contributed by atoms with E-state index in [1.165, 1.54) is 13.8 Å². The predicted molar refractivity (Wildman–Crippen MR) is 62.3 cm³/mol. The zero-order valence-corrected chi connectivity index (χ0v) is 11.8. The number of nitrogens with zero attached hydrogens (tertiary/aromatic N) is 1. The van der Waals surface area contributed by atoms with Gasteiger partial charge in [-0.25, -0.2) is 12.7 Å². The van der Waals surface area contributed by atoms with E-state index in [-0.39, 0.29) is 17.9 Å². The second-order valence-electron chi connectivity index (χ2n) is 5.12. The third kappa shape index (κ3) is 1.82. The monoisotopic (exact) mass is 297 g/mol. The van der Waals surface area contributed by atoms with Crippen LogP contribution in [-0.2, 0) is 14.8 Å². The van der Waals surface area contributed by atoms with Crippen molar-refractivity contribution in [3.8, 4) is 0 Å². The average Bonchev–Trinajstić information content (AvgIpc) is 2.12. The Morgan fingerprint density at radius 2 is 1.87 bits per heavy atom. The van der Waals surface area contributed by atoms with E-state index < -0.39 is 14.8 Å². The van der Waals surface area contributed by atoms with Crippen LogP contribution >= 0.6 is 15.9 Å². The molecule has 0 unspecified atom stereocenters. The van der Waals surface area contributed by atoms with Crippen molar-refractivity contribution in [2.24, 2.45) is 5.41 Å². The lowest BCUT2D eigenvalue weighted by atomic mass is 9.96. The maximum Gasteiger partial charge on any atom is 0.258 e. The van der Waals surface area contributed by atoms with E-state index in [9.17, 15) is 13.2 Å². The molecule has 6 heteroatoms. The summed E-state index contributed by atoms with van der Waals surface area (Å²) in [6.45, 7) is 6.96. The Morgan fingerprint density at radius 3 is 2.20 bits per heavy atom. The minimum atomic E-state index is -3.43. The van der Waals surface area contributed by atoms with E-state index in [1.807, 2.05) is 13.8 Å². The minimum Gasteiger partial charge on any atom is -0.272 e. The third-order valence-electron chi connectivity index (χ3n) is 2.61. The molecule has 1 amide bonds. The first kappa shape index (κ1) is 13.0. The Bertz CT molecular complexity index is 386. The van der Waals surface area contributed by atoms with Crippen molar-refractivity contribution >= 4 is 31.9 Å². The normalized spacial score (nSPS) is 23.8. The van der Waals surface area contributed by atoms with Crippen LogP contribution < -0.4 is 0 Å². The van der Waals surface area contributed by atoms with Crippen LogP contribution in [0.2, 0.25) is 0 Å². The van der Waals surface area contributed by atoms with Crippen LogP contribution in [0.3, 0.4) is 0 Å². The molecule has 0 aromatic rings. The number of halogens is 1. The molecule has 0 N–H and O–H groups in total. The van der Waals surface area contributed by atoms with Crippen molar-refractivity contribution in [3.05, 3.63) is 0 Å². The SMILES string of the molecule is CC(C)(CBr)CN1C(=O)C(C)(C)S1(=O)=O. The van der Waals surface area contributed by atoms with Crippen LogP contribution in [0.4, 0.5) is 0 Å². The van der Waals surface area contributed by atoms with Gasteiger partial charge in [0.25, 0.3) is 15.9 Å². The van der Waals surface area contributed by atoms with E-state index in [0.29, 0.717) is 5.33 Å². The molecule has 4 nitrogen and oxygen atoms in total. The molecule has 0 saturated carbocycles. The van der Waals surface area contributed by atoms with Crippen LogP contribution in [-0.4, -0.2) is 35.3 Å². The molecular weight excluding hydrogens is 282 g/mol. The largest absolute Gasteiger partial charge is 0.272 e. The van der Waals surface area contributed by atoms with Gasteiger partial charge in [-0.2, -0.15) is 0 Å². The Labute approximate surface area is 99.2 Å². The highest BCUT2D eigenvalue weighted by Crippen LogP contribution is 2.37. The molecule has 0 spiro atoms. The highest BCUT2D eigenvalue weighted by atomic mass is 79.9. The molecule has 0 aromatic carbocycles. The van der Waals surface area contributed by atoms with Gasteiger partial charge in [-0.15, -0.1) is 0 Å². The van der Waals surface area contributed by atoms with Crippen LogP contribution in [0.1, 0.15) is 27.7 Å². The lowest BCUT2D eigenvalue weighted by molar-refractivity contribution is -0.133. The Balaban J connectivity index is 2.90. The average molecular weight is 298 g/mol. The van der Waals surface area contributed by atoms with E-state index in [2.05, 4.69) is 15.9 Å². The molecule has 1 saturated heterocycles. The van der Waals surface area contributed by atoms with Gasteiger partial charge in [-0.1, -0.05) is 29.8 Å². The Hall–Kier alpha value is -0.100. The molecule has 0 radical (unpaired) electrons. The van der Waals surface area contributed by atoms with Crippen molar-refractivity contribution in [3.63, 3.8) is 0 Å². The second-order valence-corrected chi connectivity index (χ2v) is 8.10. The fourth-order valence-electron chi connectivity index (χ4n) is 1.34. The van der Waals surface area contributed by atoms with E-state index in [0.717, 1.165) is 4.31 Å². The van der Waals surface area contributed by atoms with E-state index >= 15 is 0 Å². The van der Waals surface area contributed by atoms with Crippen LogP contribution in [0.25, 0.3) is 0 Å². The van der Waals surface area contributed by atoms with Gasteiger partial charge < -0.3 is 0 Å². The number of rotatable bonds is 3. The summed E-state index contributed by atoms with van der Waals surface area (Å²) < 4.78 is 23.3. The minimum absolute atomic E-state index is 0.237. The molecule has 88 valence electrons. The first-order chi connectivity index (χ1) is 6.56. The summed E-state index contributed by atoms with van der Waals surface area (Å²) in [6, 6.07) is 0. The molecule has 1 fully saturated rings. The molecule has 1 aliphatic rings. The highest BCUT2D eigenvalue weighted by Gasteiger charge is 2.60. The molecule has 0 atom stereocenters.